The molecule has 2 aliphatic rings. The molecule has 1 unspecified atom stereocenters. The van der Waals surface area contributed by atoms with E-state index in [0.29, 0.717) is 17.3 Å². The number of hydrogen-bond acceptors (Lipinski definition) is 4. The normalized spacial score (nSPS) is 12.2. The number of hydrogen-bond donors (Lipinski definition) is 2. The molecule has 1 aliphatic carbocycles. The van der Waals surface area contributed by atoms with Crippen LogP contribution in [0.15, 0.2) is 65.5 Å². The van der Waals surface area contributed by atoms with Crippen LogP contribution in [0.5, 0.6) is 0 Å². The van der Waals surface area contributed by atoms with Crippen LogP contribution in [-0.2, 0) is 0 Å². The van der Waals surface area contributed by atoms with Crippen LogP contribution in [0.4, 0.5) is 11.4 Å². The maximum Gasteiger partial charge on any atom is 0.258 e. The molecule has 27 heavy (non-hydrogen) atoms. The maximum absolute atomic E-state index is 12.3. The van der Waals surface area contributed by atoms with Gasteiger partial charge < -0.3 is 15.1 Å². The first-order valence-corrected chi connectivity index (χ1v) is 9.08. The lowest BCUT2D eigenvalue weighted by molar-refractivity contribution is 0.102. The molecular weight excluding hydrogens is 338 g/mol. The van der Waals surface area contributed by atoms with Gasteiger partial charge in [0.1, 0.15) is 6.26 Å². The summed E-state index contributed by atoms with van der Waals surface area (Å²) in [5, 5.41) is 7.53. The Morgan fingerprint density at radius 2 is 2.04 bits per heavy atom. The SMILES string of the molecule is CCC(C)Nc1cccc2c3cccc(NC(=O)c4ccoc4)cc-3nc12. The van der Waals surface area contributed by atoms with Crippen LogP contribution < -0.4 is 10.6 Å². The standard InChI is InChI=1S/C22H21N3O2/c1-3-14(2)23-19-9-5-8-18-17-7-4-6-16(12-20(17)25-21(18)19)24-22(26)15-10-11-27-13-15/h4-14,23H,3H2,1-2H3,(H,24,26). The second-order valence-electron chi connectivity index (χ2n) is 6.66. The van der Waals surface area contributed by atoms with E-state index in [9.17, 15) is 4.79 Å². The molecule has 136 valence electrons. The third-order valence-electron chi connectivity index (χ3n) is 4.72. The Hall–Kier alpha value is -3.34. The average molecular weight is 359 g/mol. The number of para-hydroxylation sites is 1. The Labute approximate surface area is 157 Å². The van der Waals surface area contributed by atoms with E-state index in [1.54, 1.807) is 6.07 Å². The van der Waals surface area contributed by atoms with Crippen LogP contribution in [-0.4, -0.2) is 16.9 Å². The van der Waals surface area contributed by atoms with Crippen molar-refractivity contribution in [2.24, 2.45) is 0 Å². The molecule has 0 bridgehead atoms. The lowest BCUT2D eigenvalue weighted by atomic mass is 10.1. The van der Waals surface area contributed by atoms with Gasteiger partial charge in [0.25, 0.3) is 5.91 Å². The van der Waals surface area contributed by atoms with Gasteiger partial charge in [-0.25, -0.2) is 4.98 Å². The molecule has 0 radical (unpaired) electrons. The summed E-state index contributed by atoms with van der Waals surface area (Å²) in [5.74, 6) is -0.210. The summed E-state index contributed by atoms with van der Waals surface area (Å²) in [5.41, 5.74) is 5.06. The highest BCUT2D eigenvalue weighted by Gasteiger charge is 2.15. The summed E-state index contributed by atoms with van der Waals surface area (Å²) in [6, 6.07) is 15.9. The van der Waals surface area contributed by atoms with Gasteiger partial charge in [-0.2, -0.15) is 0 Å². The number of amides is 1. The number of anilines is 2. The van der Waals surface area contributed by atoms with Crippen molar-refractivity contribution in [2.45, 2.75) is 26.3 Å². The van der Waals surface area contributed by atoms with E-state index in [0.717, 1.165) is 34.3 Å². The molecule has 2 heterocycles. The van der Waals surface area contributed by atoms with Crippen LogP contribution in [0.1, 0.15) is 30.6 Å². The molecule has 0 saturated carbocycles. The highest BCUT2D eigenvalue weighted by molar-refractivity contribution is 6.06. The van der Waals surface area contributed by atoms with E-state index in [1.165, 1.54) is 12.5 Å². The van der Waals surface area contributed by atoms with E-state index >= 15 is 0 Å². The highest BCUT2D eigenvalue weighted by Crippen LogP contribution is 2.35. The van der Waals surface area contributed by atoms with Crippen molar-refractivity contribution < 1.29 is 9.21 Å². The quantitative estimate of drug-likeness (QED) is 0.501. The summed E-state index contributed by atoms with van der Waals surface area (Å²) in [4.78, 5) is 17.1. The molecule has 2 aromatic rings. The number of rotatable bonds is 5. The van der Waals surface area contributed by atoms with Gasteiger partial charge in [0, 0.05) is 22.7 Å². The molecule has 1 atom stereocenters. The number of benzene rings is 1. The van der Waals surface area contributed by atoms with Crippen LogP contribution >= 0.6 is 0 Å². The minimum atomic E-state index is -0.210. The largest absolute Gasteiger partial charge is 0.472 e. The Morgan fingerprint density at radius 3 is 2.81 bits per heavy atom. The predicted octanol–water partition coefficient (Wildman–Crippen LogP) is 5.40. The predicted molar refractivity (Wildman–Crippen MR) is 108 cm³/mol. The van der Waals surface area contributed by atoms with E-state index in [4.69, 9.17) is 9.40 Å². The fourth-order valence-electron chi connectivity index (χ4n) is 3.09. The Kier molecular flexibility index (Phi) is 4.50. The highest BCUT2D eigenvalue weighted by atomic mass is 16.3. The minimum Gasteiger partial charge on any atom is -0.472 e. The van der Waals surface area contributed by atoms with E-state index < -0.39 is 0 Å². The third-order valence-corrected chi connectivity index (χ3v) is 4.72. The first-order valence-electron chi connectivity index (χ1n) is 9.08. The van der Waals surface area contributed by atoms with Gasteiger partial charge in [0.2, 0.25) is 0 Å². The van der Waals surface area contributed by atoms with Gasteiger partial charge in [-0.1, -0.05) is 31.2 Å². The molecule has 1 amide bonds. The molecule has 1 aliphatic heterocycles. The lowest BCUT2D eigenvalue weighted by Crippen LogP contribution is -2.13. The van der Waals surface area contributed by atoms with Crippen molar-refractivity contribution in [3.05, 3.63) is 66.6 Å². The van der Waals surface area contributed by atoms with Gasteiger partial charge >= 0.3 is 0 Å². The molecule has 5 heteroatoms. The second kappa shape index (κ2) is 7.11. The maximum atomic E-state index is 12.3. The summed E-state index contributed by atoms with van der Waals surface area (Å²) < 4.78 is 4.98. The summed E-state index contributed by atoms with van der Waals surface area (Å²) >= 11 is 0. The monoisotopic (exact) mass is 359 g/mol. The summed E-state index contributed by atoms with van der Waals surface area (Å²) in [6.07, 6.45) is 3.95. The van der Waals surface area contributed by atoms with Crippen molar-refractivity contribution in [3.63, 3.8) is 0 Å². The zero-order valence-electron chi connectivity index (χ0n) is 15.3. The minimum absolute atomic E-state index is 0.210. The first-order chi connectivity index (χ1) is 13.2. The number of carbonyl (C=O) groups is 1. The van der Waals surface area contributed by atoms with Gasteiger partial charge in [0.05, 0.1) is 28.7 Å². The topological polar surface area (TPSA) is 67.2 Å². The molecule has 4 rings (SSSR count). The van der Waals surface area contributed by atoms with Gasteiger partial charge in [-0.15, -0.1) is 0 Å². The zero-order chi connectivity index (χ0) is 18.8. The number of nitrogens with zero attached hydrogens (tertiary/aromatic N) is 1. The fourth-order valence-corrected chi connectivity index (χ4v) is 3.09. The van der Waals surface area contributed by atoms with Crippen LogP contribution in [0.25, 0.3) is 22.2 Å². The number of fused-ring (bicyclic) bond motifs is 3. The Balaban J connectivity index is 1.73. The molecular formula is C22H21N3O2. The summed E-state index contributed by atoms with van der Waals surface area (Å²) in [7, 11) is 0. The van der Waals surface area contributed by atoms with Gasteiger partial charge in [-0.05, 0) is 37.6 Å². The Bertz CT molecular complexity index is 1060. The summed E-state index contributed by atoms with van der Waals surface area (Å²) in [6.45, 7) is 4.31. The first kappa shape index (κ1) is 17.1. The third kappa shape index (κ3) is 3.36. The van der Waals surface area contributed by atoms with E-state index in [2.05, 4.69) is 36.6 Å². The van der Waals surface area contributed by atoms with Crippen molar-refractivity contribution in [1.82, 2.24) is 4.98 Å². The smallest absolute Gasteiger partial charge is 0.258 e. The van der Waals surface area contributed by atoms with Crippen molar-refractivity contribution in [1.29, 1.82) is 0 Å². The van der Waals surface area contributed by atoms with Crippen molar-refractivity contribution in [2.75, 3.05) is 10.6 Å². The second-order valence-corrected chi connectivity index (χ2v) is 6.66. The molecule has 0 fully saturated rings. The van der Waals surface area contributed by atoms with Crippen LogP contribution in [0, 0.1) is 0 Å². The fraction of sp³-hybridized carbons (Fsp3) is 0.182. The van der Waals surface area contributed by atoms with Gasteiger partial charge in [0.15, 0.2) is 0 Å². The van der Waals surface area contributed by atoms with Crippen LogP contribution in [0.2, 0.25) is 0 Å². The molecule has 0 spiro atoms. The average Bonchev–Trinajstić information content (AvgIpc) is 3.27. The van der Waals surface area contributed by atoms with E-state index in [1.807, 2.05) is 30.3 Å². The number of carbonyl (C=O) groups excluding carboxylic acids is 1. The number of furan rings is 1. The molecule has 0 saturated heterocycles. The molecule has 5 nitrogen and oxygen atoms in total. The van der Waals surface area contributed by atoms with Crippen LogP contribution in [0.3, 0.4) is 0 Å². The van der Waals surface area contributed by atoms with Crippen molar-refractivity contribution >= 4 is 28.2 Å². The van der Waals surface area contributed by atoms with Crippen molar-refractivity contribution in [3.8, 4) is 11.3 Å². The number of nitrogens with one attached hydrogen (secondary N) is 2. The molecule has 2 N–H and O–H groups in total. The number of aromatic nitrogens is 1. The Morgan fingerprint density at radius 1 is 1.19 bits per heavy atom. The molecule has 1 aromatic carbocycles. The molecule has 1 aromatic heterocycles. The van der Waals surface area contributed by atoms with E-state index in [-0.39, 0.29) is 5.91 Å². The lowest BCUT2D eigenvalue weighted by Gasteiger charge is -2.13. The van der Waals surface area contributed by atoms with Gasteiger partial charge in [-0.3, -0.25) is 4.79 Å². The zero-order valence-corrected chi connectivity index (χ0v) is 15.3.